The molecule has 2 aliphatic carbocycles. The fraction of sp³-hybridized carbons (Fsp3) is 0.638. The van der Waals surface area contributed by atoms with Crippen molar-refractivity contribution >= 4 is 11.8 Å². The number of fused-ring (bicyclic) bond motifs is 1. The van der Waals surface area contributed by atoms with Gasteiger partial charge >= 0.3 is 5.97 Å². The number of carbonyl (C=O) groups excluding carboxylic acids is 2. The number of carbonyl (C=O) groups is 2. The number of ether oxygens (including phenoxy) is 2. The number of rotatable bonds is 26. The number of epoxide rings is 1. The molecule has 2 N–H and O–H groups in total. The van der Waals surface area contributed by atoms with Crippen LogP contribution in [-0.4, -0.2) is 51.0 Å². The number of aliphatic hydroxyl groups is 2. The van der Waals surface area contributed by atoms with Gasteiger partial charge in [-0.2, -0.15) is 0 Å². The summed E-state index contributed by atoms with van der Waals surface area (Å²) in [5.74, 6) is -0.210. The average molecular weight is 881 g/mol. The molecule has 2 saturated carbocycles. The Bertz CT molecular complexity index is 1830. The topological polar surface area (TPSA) is 96.4 Å². The van der Waals surface area contributed by atoms with E-state index in [1.807, 2.05) is 114 Å². The van der Waals surface area contributed by atoms with Crippen LogP contribution in [0.25, 0.3) is 0 Å². The van der Waals surface area contributed by atoms with E-state index in [-0.39, 0.29) is 28.7 Å². The van der Waals surface area contributed by atoms with Gasteiger partial charge in [-0.3, -0.25) is 4.79 Å². The second kappa shape index (κ2) is 26.0. The predicted molar refractivity (Wildman–Crippen MR) is 268 cm³/mol. The van der Waals surface area contributed by atoms with Crippen molar-refractivity contribution in [1.29, 1.82) is 0 Å². The van der Waals surface area contributed by atoms with Gasteiger partial charge in [0.15, 0.2) is 5.78 Å². The first-order valence-electron chi connectivity index (χ1n) is 24.9. The standard InChI is InChI=1S/C58H88O6/c1-12-13-14-15-16-17-18-19-20-21-22-23-24-25-26-37-53(61)63-50-42-55(8,9)58(57(11,43-50)64-58)44-51(60)48(5)36-30-35-46(3)32-28-27-31-45(2)33-29-34-47(4)38-39-52-54(6,7)40-49(59)41-56(52,10)62/h26-38,49-50,59,62H,12-25,40-44H2,1-11H3. The Hall–Kier alpha value is -3.54. The molecule has 3 aliphatic rings. The van der Waals surface area contributed by atoms with Crippen LogP contribution in [0.1, 0.15) is 198 Å². The third-order valence-electron chi connectivity index (χ3n) is 13.8. The van der Waals surface area contributed by atoms with E-state index >= 15 is 0 Å². The smallest absolute Gasteiger partial charge is 0.330 e. The first kappa shape index (κ1) is 54.8. The molecule has 5 unspecified atom stereocenters. The molecule has 1 saturated heterocycles. The highest BCUT2D eigenvalue weighted by Crippen LogP contribution is 2.67. The van der Waals surface area contributed by atoms with Gasteiger partial charge in [0.2, 0.25) is 0 Å². The average Bonchev–Trinajstić information content (AvgIpc) is 3.81. The van der Waals surface area contributed by atoms with E-state index in [0.29, 0.717) is 37.7 Å². The molecule has 5 atom stereocenters. The van der Waals surface area contributed by atoms with Crippen LogP contribution in [0.2, 0.25) is 0 Å². The van der Waals surface area contributed by atoms with E-state index in [2.05, 4.69) is 33.4 Å². The normalized spacial score (nSPS) is 27.4. The van der Waals surface area contributed by atoms with Gasteiger partial charge in [0, 0.05) is 36.3 Å². The SMILES string of the molecule is CCCCCCCCCCCCCCCC=CC(=O)OC1CC(C)(C)C2(CC(=O)C(C)=CC=CC(C)=CC=CC=C(C)C=CC=C(C)C=C=C3C(C)(C)CC(O)CC3(C)O)OC2(C)C1. The molecule has 64 heavy (non-hydrogen) atoms. The number of ketones is 1. The molecular formula is C58H88O6. The van der Waals surface area contributed by atoms with E-state index < -0.39 is 22.9 Å². The Morgan fingerprint density at radius 1 is 0.688 bits per heavy atom. The summed E-state index contributed by atoms with van der Waals surface area (Å²) in [5, 5.41) is 21.1. The molecule has 356 valence electrons. The summed E-state index contributed by atoms with van der Waals surface area (Å²) in [4.78, 5) is 26.3. The molecule has 6 nitrogen and oxygen atoms in total. The molecule has 1 aliphatic heterocycles. The van der Waals surface area contributed by atoms with Crippen molar-refractivity contribution < 1.29 is 29.3 Å². The first-order valence-corrected chi connectivity index (χ1v) is 24.9. The van der Waals surface area contributed by atoms with Gasteiger partial charge in [-0.1, -0.05) is 190 Å². The molecule has 0 spiro atoms. The molecule has 1 heterocycles. The molecular weight excluding hydrogens is 793 g/mol. The molecule has 0 aromatic carbocycles. The van der Waals surface area contributed by atoms with Crippen molar-refractivity contribution in [2.24, 2.45) is 10.8 Å². The quantitative estimate of drug-likeness (QED) is 0.0224. The van der Waals surface area contributed by atoms with E-state index in [9.17, 15) is 19.8 Å². The number of Topliss-reactive ketones (excluding diaryl/α,β-unsaturated/α-hetero) is 1. The van der Waals surface area contributed by atoms with E-state index in [0.717, 1.165) is 35.1 Å². The monoisotopic (exact) mass is 881 g/mol. The molecule has 6 heteroatoms. The number of esters is 1. The molecule has 0 aromatic rings. The summed E-state index contributed by atoms with van der Waals surface area (Å²) >= 11 is 0. The predicted octanol–water partition coefficient (Wildman–Crippen LogP) is 14.7. The van der Waals surface area contributed by atoms with E-state index in [1.165, 1.54) is 77.0 Å². The Kier molecular flexibility index (Phi) is 22.2. The maximum Gasteiger partial charge on any atom is 0.330 e. The zero-order valence-electron chi connectivity index (χ0n) is 42.1. The van der Waals surface area contributed by atoms with Gasteiger partial charge in [-0.05, 0) is 89.9 Å². The first-order chi connectivity index (χ1) is 30.2. The van der Waals surface area contributed by atoms with Gasteiger partial charge in [0.05, 0.1) is 17.3 Å². The molecule has 0 aromatic heterocycles. The summed E-state index contributed by atoms with van der Waals surface area (Å²) in [5.41, 5.74) is 5.21. The van der Waals surface area contributed by atoms with Crippen LogP contribution in [0.4, 0.5) is 0 Å². The van der Waals surface area contributed by atoms with Crippen LogP contribution in [-0.2, 0) is 19.1 Å². The fourth-order valence-corrected chi connectivity index (χ4v) is 10.2. The molecule has 0 bridgehead atoms. The zero-order chi connectivity index (χ0) is 47.4. The summed E-state index contributed by atoms with van der Waals surface area (Å²) in [6.07, 6.45) is 45.4. The number of aliphatic hydroxyl groups excluding tert-OH is 1. The molecule has 0 amide bonds. The van der Waals surface area contributed by atoms with Crippen LogP contribution < -0.4 is 0 Å². The number of hydrogen-bond acceptors (Lipinski definition) is 6. The van der Waals surface area contributed by atoms with Crippen LogP contribution in [0, 0.1) is 10.8 Å². The van der Waals surface area contributed by atoms with Crippen molar-refractivity contribution in [2.45, 2.75) is 227 Å². The second-order valence-corrected chi connectivity index (χ2v) is 21.1. The number of hydrogen-bond donors (Lipinski definition) is 2. The Balaban J connectivity index is 1.39. The summed E-state index contributed by atoms with van der Waals surface area (Å²) < 4.78 is 12.4. The highest BCUT2D eigenvalue weighted by atomic mass is 16.6. The second-order valence-electron chi connectivity index (χ2n) is 21.1. The highest BCUT2D eigenvalue weighted by Gasteiger charge is 2.76. The zero-order valence-corrected chi connectivity index (χ0v) is 42.1. The maximum atomic E-state index is 13.5. The van der Waals surface area contributed by atoms with E-state index in [4.69, 9.17) is 9.47 Å². The summed E-state index contributed by atoms with van der Waals surface area (Å²) in [7, 11) is 0. The van der Waals surface area contributed by atoms with Gasteiger partial charge in [0.25, 0.3) is 0 Å². The summed E-state index contributed by atoms with van der Waals surface area (Å²) in [6.45, 7) is 22.4. The number of allylic oxidation sites excluding steroid dienone is 15. The lowest BCUT2D eigenvalue weighted by molar-refractivity contribution is -0.147. The minimum absolute atomic E-state index is 0.0725. The number of unbranched alkanes of at least 4 members (excludes halogenated alkanes) is 13. The molecule has 0 radical (unpaired) electrons. The van der Waals surface area contributed by atoms with Crippen molar-refractivity contribution in [3.63, 3.8) is 0 Å². The van der Waals surface area contributed by atoms with Crippen LogP contribution >= 0.6 is 0 Å². The lowest BCUT2D eigenvalue weighted by Crippen LogP contribution is -2.49. The Morgan fingerprint density at radius 2 is 1.22 bits per heavy atom. The van der Waals surface area contributed by atoms with Crippen molar-refractivity contribution in [3.05, 3.63) is 113 Å². The van der Waals surface area contributed by atoms with Crippen LogP contribution in [0.5, 0.6) is 0 Å². The van der Waals surface area contributed by atoms with Crippen molar-refractivity contribution in [2.75, 3.05) is 0 Å². The lowest BCUT2D eigenvalue weighted by Gasteiger charge is -2.43. The third kappa shape index (κ3) is 17.7. The fourth-order valence-electron chi connectivity index (χ4n) is 10.2. The lowest BCUT2D eigenvalue weighted by atomic mass is 9.61. The van der Waals surface area contributed by atoms with Gasteiger partial charge in [-0.15, -0.1) is 5.73 Å². The van der Waals surface area contributed by atoms with Crippen molar-refractivity contribution in [1.82, 2.24) is 0 Å². The van der Waals surface area contributed by atoms with Gasteiger partial charge < -0.3 is 19.7 Å². The van der Waals surface area contributed by atoms with Crippen LogP contribution in [0.15, 0.2) is 113 Å². The van der Waals surface area contributed by atoms with Gasteiger partial charge in [0.1, 0.15) is 11.7 Å². The highest BCUT2D eigenvalue weighted by molar-refractivity contribution is 5.96. The van der Waals surface area contributed by atoms with Crippen LogP contribution in [0.3, 0.4) is 0 Å². The minimum atomic E-state index is -1.08. The Morgan fingerprint density at radius 3 is 1.77 bits per heavy atom. The largest absolute Gasteiger partial charge is 0.459 e. The minimum Gasteiger partial charge on any atom is -0.459 e. The molecule has 3 fully saturated rings. The molecule has 3 rings (SSSR count). The van der Waals surface area contributed by atoms with Gasteiger partial charge in [-0.25, -0.2) is 4.79 Å². The third-order valence-corrected chi connectivity index (χ3v) is 13.8. The van der Waals surface area contributed by atoms with Crippen molar-refractivity contribution in [3.8, 4) is 0 Å². The van der Waals surface area contributed by atoms with E-state index in [1.54, 1.807) is 13.0 Å². The Labute approximate surface area is 390 Å². The maximum absolute atomic E-state index is 13.5. The summed E-state index contributed by atoms with van der Waals surface area (Å²) in [6, 6.07) is 0.